The fourth-order valence-corrected chi connectivity index (χ4v) is 12.7. The third-order valence-electron chi connectivity index (χ3n) is 15.2. The molecule has 1 N–H and O–H groups in total. The first-order chi connectivity index (χ1) is 21.7. The number of ketones is 1. The summed E-state index contributed by atoms with van der Waals surface area (Å²) in [5, 5.41) is 18.4. The monoisotopic (exact) mass is 627 g/mol. The van der Waals surface area contributed by atoms with Crippen molar-refractivity contribution in [2.45, 2.75) is 112 Å². The van der Waals surface area contributed by atoms with Gasteiger partial charge in [-0.05, 0) is 123 Å². The molecule has 0 spiro atoms. The summed E-state index contributed by atoms with van der Waals surface area (Å²) in [7, 11) is 0. The van der Waals surface area contributed by atoms with Crippen LogP contribution in [-0.2, 0) is 20.9 Å². The zero-order valence-corrected chi connectivity index (χ0v) is 28.8. The highest BCUT2D eigenvalue weighted by Gasteiger charge is 2.72. The van der Waals surface area contributed by atoms with E-state index < -0.39 is 5.41 Å². The number of fused-ring (bicyclic) bond motifs is 7. The predicted molar refractivity (Wildman–Crippen MR) is 177 cm³/mol. The molecule has 46 heavy (non-hydrogen) atoms. The van der Waals surface area contributed by atoms with Gasteiger partial charge in [0, 0.05) is 17.9 Å². The molecule has 2 aromatic rings. The third kappa shape index (κ3) is 4.28. The minimum Gasteiger partial charge on any atom is -0.508 e. The van der Waals surface area contributed by atoms with Crippen LogP contribution in [0.25, 0.3) is 5.69 Å². The lowest BCUT2D eigenvalue weighted by Crippen LogP contribution is -2.66. The Balaban J connectivity index is 1.16. The number of hydrogen-bond donors (Lipinski definition) is 1. The van der Waals surface area contributed by atoms with Crippen LogP contribution in [-0.4, -0.2) is 31.9 Å². The first-order valence-corrected chi connectivity index (χ1v) is 17.7. The van der Waals surface area contributed by atoms with Crippen molar-refractivity contribution in [3.8, 4) is 11.4 Å². The van der Waals surface area contributed by atoms with Gasteiger partial charge in [0.2, 0.25) is 0 Å². The van der Waals surface area contributed by atoms with Gasteiger partial charge in [-0.1, -0.05) is 58.1 Å². The van der Waals surface area contributed by atoms with Crippen molar-refractivity contribution in [1.82, 2.24) is 15.0 Å². The van der Waals surface area contributed by atoms with Crippen LogP contribution in [0.4, 0.5) is 0 Å². The largest absolute Gasteiger partial charge is 0.508 e. The third-order valence-corrected chi connectivity index (χ3v) is 15.2. The van der Waals surface area contributed by atoms with Crippen molar-refractivity contribution in [2.75, 3.05) is 0 Å². The van der Waals surface area contributed by atoms with E-state index in [2.05, 4.69) is 58.4 Å². The molecular weight excluding hydrogens is 574 g/mol. The summed E-state index contributed by atoms with van der Waals surface area (Å²) in [6.45, 7) is 18.9. The number of benzene rings is 1. The quantitative estimate of drug-likeness (QED) is 0.265. The molecule has 7 nitrogen and oxygen atoms in total. The molecule has 5 aliphatic rings. The fourth-order valence-electron chi connectivity index (χ4n) is 12.7. The van der Waals surface area contributed by atoms with Crippen LogP contribution in [0.2, 0.25) is 0 Å². The molecule has 0 radical (unpaired) electrons. The van der Waals surface area contributed by atoms with Gasteiger partial charge in [-0.2, -0.15) is 0 Å². The summed E-state index contributed by atoms with van der Waals surface area (Å²) >= 11 is 0. The highest BCUT2D eigenvalue weighted by atomic mass is 16.5. The Morgan fingerprint density at radius 3 is 2.52 bits per heavy atom. The smallest absolute Gasteiger partial charge is 0.312 e. The molecule has 9 atom stereocenters. The lowest BCUT2D eigenvalue weighted by Gasteiger charge is -2.72. The van der Waals surface area contributed by atoms with E-state index in [0.717, 1.165) is 44.9 Å². The summed E-state index contributed by atoms with van der Waals surface area (Å²) in [5.74, 6) is 2.55. The van der Waals surface area contributed by atoms with Gasteiger partial charge in [0.05, 0.1) is 17.3 Å². The summed E-state index contributed by atoms with van der Waals surface area (Å²) in [5.41, 5.74) is 2.20. The number of allylic oxidation sites excluding steroid dienone is 1. The molecule has 1 heterocycles. The number of ether oxygens (including phenoxy) is 1. The van der Waals surface area contributed by atoms with Gasteiger partial charge >= 0.3 is 5.97 Å². The van der Waals surface area contributed by atoms with Crippen molar-refractivity contribution >= 4 is 11.8 Å². The van der Waals surface area contributed by atoms with Crippen molar-refractivity contribution < 1.29 is 19.4 Å². The SMILES string of the molecule is C=C(C)[C@@H]1CC[C@]2(C(=O)OCc3cn(-c4cccc(O)c4)nn3)CC[C@]3(C)[C@H](CC[C@@H]4[C@@]5(C)CCC(=O)C(C)(C)[C@@H]5CC[C@]43C)[C@@H]12. The van der Waals surface area contributed by atoms with Gasteiger partial charge in [-0.3, -0.25) is 9.59 Å². The number of phenols is 1. The van der Waals surface area contributed by atoms with E-state index in [1.54, 1.807) is 29.1 Å². The Bertz CT molecular complexity index is 1580. The van der Waals surface area contributed by atoms with E-state index in [9.17, 15) is 14.7 Å². The Morgan fingerprint density at radius 1 is 1.00 bits per heavy atom. The zero-order valence-electron chi connectivity index (χ0n) is 28.8. The highest BCUT2D eigenvalue weighted by Crippen LogP contribution is 2.77. The number of carbonyl (C=O) groups is 2. The first kappa shape index (κ1) is 31.6. The standard InChI is InChI=1S/C39H53N3O4/c1-24(2)28-13-18-39(34(45)46-23-25-22-42(41-40-25)26-9-8-10-27(43)21-26)20-19-37(6)29(33(28)39)11-12-31-36(5)16-15-32(44)35(3,4)30(36)14-17-38(31,37)7/h8-10,21-22,28-31,33,43H,1,11-20,23H2,2-7H3/t28-,29+,30-,31+,33+,36-,37+,38+,39-/m0/s1. The summed E-state index contributed by atoms with van der Waals surface area (Å²) in [6.07, 6.45) is 11.8. The number of nitrogens with zero attached hydrogens (tertiary/aromatic N) is 3. The summed E-state index contributed by atoms with van der Waals surface area (Å²) in [6, 6.07) is 6.85. The molecule has 0 saturated heterocycles. The van der Waals surface area contributed by atoms with Gasteiger partial charge in [-0.25, -0.2) is 4.68 Å². The Morgan fingerprint density at radius 2 is 1.78 bits per heavy atom. The van der Waals surface area contributed by atoms with Crippen LogP contribution in [0.15, 0.2) is 42.6 Å². The van der Waals surface area contributed by atoms with Crippen LogP contribution in [0.3, 0.4) is 0 Å². The average molecular weight is 628 g/mol. The van der Waals surface area contributed by atoms with Gasteiger partial charge in [0.1, 0.15) is 23.8 Å². The van der Waals surface area contributed by atoms with Crippen molar-refractivity contribution in [2.24, 2.45) is 56.7 Å². The lowest BCUT2D eigenvalue weighted by atomic mass is 9.32. The van der Waals surface area contributed by atoms with Gasteiger partial charge in [0.15, 0.2) is 0 Å². The first-order valence-electron chi connectivity index (χ1n) is 17.7. The summed E-state index contributed by atoms with van der Waals surface area (Å²) in [4.78, 5) is 27.5. The maximum absolute atomic E-state index is 14.4. The number of phenolic OH excluding ortho intramolecular Hbond substituents is 1. The van der Waals surface area contributed by atoms with E-state index >= 15 is 0 Å². The number of rotatable bonds is 5. The molecular formula is C39H53N3O4. The second kappa shape index (κ2) is 10.5. The van der Waals surface area contributed by atoms with Gasteiger partial charge in [0.25, 0.3) is 0 Å². The Hall–Kier alpha value is -2.96. The molecule has 0 aliphatic heterocycles. The van der Waals surface area contributed by atoms with E-state index in [4.69, 9.17) is 4.74 Å². The molecule has 5 saturated carbocycles. The zero-order chi connectivity index (χ0) is 32.9. The molecule has 1 aromatic heterocycles. The molecule has 1 aromatic carbocycles. The summed E-state index contributed by atoms with van der Waals surface area (Å²) < 4.78 is 7.77. The van der Waals surface area contributed by atoms with Crippen LogP contribution >= 0.6 is 0 Å². The molecule has 7 rings (SSSR count). The molecule has 5 fully saturated rings. The molecule has 5 aliphatic carbocycles. The lowest BCUT2D eigenvalue weighted by molar-refractivity contribution is -0.236. The second-order valence-electron chi connectivity index (χ2n) is 17.2. The fraction of sp³-hybridized carbons (Fsp3) is 0.692. The van der Waals surface area contributed by atoms with Crippen molar-refractivity contribution in [3.63, 3.8) is 0 Å². The second-order valence-corrected chi connectivity index (χ2v) is 17.2. The topological polar surface area (TPSA) is 94.3 Å². The average Bonchev–Trinajstić information content (AvgIpc) is 3.65. The Kier molecular flexibility index (Phi) is 7.23. The maximum Gasteiger partial charge on any atom is 0.312 e. The minimum atomic E-state index is -0.501. The maximum atomic E-state index is 14.4. The molecule has 0 unspecified atom stereocenters. The number of hydrogen-bond acceptors (Lipinski definition) is 6. The van der Waals surface area contributed by atoms with Crippen LogP contribution in [0, 0.1) is 56.7 Å². The predicted octanol–water partition coefficient (Wildman–Crippen LogP) is 8.24. The molecule has 7 heteroatoms. The van der Waals surface area contributed by atoms with E-state index in [1.165, 1.54) is 18.4 Å². The van der Waals surface area contributed by atoms with E-state index in [1.807, 2.05) is 6.07 Å². The minimum absolute atomic E-state index is 0.0781. The molecule has 0 amide bonds. The van der Waals surface area contributed by atoms with Crippen LogP contribution in [0.1, 0.15) is 111 Å². The number of Topliss-reactive ketones (excluding diaryl/α,β-unsaturated/α-hetero) is 1. The normalized spacial score (nSPS) is 41.1. The van der Waals surface area contributed by atoms with Crippen LogP contribution < -0.4 is 0 Å². The number of aromatic hydroxyl groups is 1. The Labute approximate surface area is 274 Å². The van der Waals surface area contributed by atoms with E-state index in [0.29, 0.717) is 47.3 Å². The van der Waals surface area contributed by atoms with Crippen LogP contribution in [0.5, 0.6) is 5.75 Å². The number of aromatic nitrogens is 3. The van der Waals surface area contributed by atoms with Crippen molar-refractivity contribution in [1.29, 1.82) is 0 Å². The molecule has 0 bridgehead atoms. The highest BCUT2D eigenvalue weighted by molar-refractivity contribution is 5.85. The van der Waals surface area contributed by atoms with E-state index in [-0.39, 0.29) is 45.9 Å². The van der Waals surface area contributed by atoms with Gasteiger partial charge < -0.3 is 9.84 Å². The van der Waals surface area contributed by atoms with Gasteiger partial charge in [-0.15, -0.1) is 5.10 Å². The van der Waals surface area contributed by atoms with Crippen molar-refractivity contribution in [3.05, 3.63) is 48.3 Å². The number of esters is 1. The molecule has 248 valence electrons. The number of carbonyl (C=O) groups excluding carboxylic acids is 2.